The lowest BCUT2D eigenvalue weighted by atomic mass is 9.90. The molecule has 20 heavy (non-hydrogen) atoms. The van der Waals surface area contributed by atoms with E-state index >= 15 is 0 Å². The first-order chi connectivity index (χ1) is 9.67. The zero-order valence-electron chi connectivity index (χ0n) is 12.0. The lowest BCUT2D eigenvalue weighted by Crippen LogP contribution is -2.42. The highest BCUT2D eigenvalue weighted by Gasteiger charge is 2.27. The smallest absolute Gasteiger partial charge is 0.302 e. The van der Waals surface area contributed by atoms with Gasteiger partial charge in [-0.25, -0.2) is 0 Å². The van der Waals surface area contributed by atoms with Gasteiger partial charge in [0.05, 0.1) is 6.61 Å². The van der Waals surface area contributed by atoms with Gasteiger partial charge in [-0.1, -0.05) is 30.3 Å². The van der Waals surface area contributed by atoms with Gasteiger partial charge in [0, 0.05) is 39.1 Å². The molecule has 1 N–H and O–H groups in total. The summed E-state index contributed by atoms with van der Waals surface area (Å²) in [5, 5.41) is 9.44. The van der Waals surface area contributed by atoms with E-state index in [1.165, 1.54) is 12.5 Å². The van der Waals surface area contributed by atoms with E-state index in [1.807, 2.05) is 18.2 Å². The second kappa shape index (κ2) is 7.41. The molecule has 4 nitrogen and oxygen atoms in total. The summed E-state index contributed by atoms with van der Waals surface area (Å²) in [5.41, 5.74) is 1.28. The molecule has 1 aliphatic heterocycles. The molecule has 4 heteroatoms. The van der Waals surface area contributed by atoms with Crippen molar-refractivity contribution >= 4 is 5.97 Å². The van der Waals surface area contributed by atoms with E-state index in [2.05, 4.69) is 17.0 Å². The van der Waals surface area contributed by atoms with Gasteiger partial charge in [-0.3, -0.25) is 9.69 Å². The Kier molecular flexibility index (Phi) is 5.56. The van der Waals surface area contributed by atoms with Crippen LogP contribution in [0.4, 0.5) is 0 Å². The van der Waals surface area contributed by atoms with Crippen molar-refractivity contribution in [2.24, 2.45) is 11.8 Å². The Labute approximate surface area is 120 Å². The number of nitrogens with zero attached hydrogens (tertiary/aromatic N) is 1. The van der Waals surface area contributed by atoms with Gasteiger partial charge in [-0.2, -0.15) is 0 Å². The van der Waals surface area contributed by atoms with Crippen LogP contribution in [0.5, 0.6) is 0 Å². The first kappa shape index (κ1) is 15.0. The second-order valence-corrected chi connectivity index (χ2v) is 5.63. The van der Waals surface area contributed by atoms with Gasteiger partial charge in [0.1, 0.15) is 0 Å². The molecule has 0 amide bonds. The standard InChI is InChI=1S/C16H23NO3/c1-13(19)20-12-16-7-15(11-18)9-17(10-16)8-14-5-3-2-4-6-14/h2-6,15-16,18H,7-12H2,1H3/t15-,16+/m0/s1. The van der Waals surface area contributed by atoms with Crippen LogP contribution in [0.15, 0.2) is 30.3 Å². The van der Waals surface area contributed by atoms with E-state index in [4.69, 9.17) is 4.74 Å². The number of aliphatic hydroxyl groups is 1. The van der Waals surface area contributed by atoms with E-state index in [0.29, 0.717) is 12.5 Å². The van der Waals surface area contributed by atoms with Crippen molar-refractivity contribution < 1.29 is 14.6 Å². The van der Waals surface area contributed by atoms with Crippen LogP contribution < -0.4 is 0 Å². The Bertz CT molecular complexity index is 421. The molecule has 1 aliphatic rings. The highest BCUT2D eigenvalue weighted by molar-refractivity contribution is 5.65. The molecule has 1 aromatic carbocycles. The fourth-order valence-corrected chi connectivity index (χ4v) is 2.88. The van der Waals surface area contributed by atoms with Crippen molar-refractivity contribution in [1.29, 1.82) is 0 Å². The Morgan fingerprint density at radius 3 is 2.65 bits per heavy atom. The number of piperidine rings is 1. The number of likely N-dealkylation sites (tertiary alicyclic amines) is 1. The molecule has 2 rings (SSSR count). The molecule has 0 unspecified atom stereocenters. The van der Waals surface area contributed by atoms with Gasteiger partial charge in [0.25, 0.3) is 0 Å². The van der Waals surface area contributed by atoms with E-state index in [1.54, 1.807) is 0 Å². The lowest BCUT2D eigenvalue weighted by Gasteiger charge is -2.37. The van der Waals surface area contributed by atoms with Crippen LogP contribution in [-0.4, -0.2) is 42.3 Å². The average molecular weight is 277 g/mol. The second-order valence-electron chi connectivity index (χ2n) is 5.63. The number of carbonyl (C=O) groups is 1. The summed E-state index contributed by atoms with van der Waals surface area (Å²) in [5.74, 6) is 0.354. The van der Waals surface area contributed by atoms with Gasteiger partial charge in [0.15, 0.2) is 0 Å². The number of hydrogen-bond donors (Lipinski definition) is 1. The molecule has 0 saturated carbocycles. The summed E-state index contributed by atoms with van der Waals surface area (Å²) in [7, 11) is 0. The van der Waals surface area contributed by atoms with Crippen molar-refractivity contribution in [2.45, 2.75) is 19.9 Å². The Hall–Kier alpha value is -1.39. The van der Waals surface area contributed by atoms with E-state index in [-0.39, 0.29) is 18.5 Å². The number of esters is 1. The Morgan fingerprint density at radius 2 is 2.00 bits per heavy atom. The molecule has 1 aromatic rings. The van der Waals surface area contributed by atoms with Crippen LogP contribution in [0.2, 0.25) is 0 Å². The average Bonchev–Trinajstić information content (AvgIpc) is 2.46. The number of hydrogen-bond acceptors (Lipinski definition) is 4. The van der Waals surface area contributed by atoms with Crippen molar-refractivity contribution in [3.05, 3.63) is 35.9 Å². The molecule has 0 aliphatic carbocycles. The Morgan fingerprint density at radius 1 is 1.30 bits per heavy atom. The minimum atomic E-state index is -0.231. The number of benzene rings is 1. The zero-order valence-corrected chi connectivity index (χ0v) is 12.0. The zero-order chi connectivity index (χ0) is 14.4. The third-order valence-electron chi connectivity index (χ3n) is 3.73. The number of ether oxygens (including phenoxy) is 1. The minimum Gasteiger partial charge on any atom is -0.466 e. The van der Waals surface area contributed by atoms with E-state index in [9.17, 15) is 9.90 Å². The van der Waals surface area contributed by atoms with Crippen molar-refractivity contribution in [3.63, 3.8) is 0 Å². The third-order valence-corrected chi connectivity index (χ3v) is 3.73. The quantitative estimate of drug-likeness (QED) is 0.832. The topological polar surface area (TPSA) is 49.8 Å². The van der Waals surface area contributed by atoms with Crippen LogP contribution in [0.1, 0.15) is 18.9 Å². The number of carbonyl (C=O) groups excluding carboxylic acids is 1. The van der Waals surface area contributed by atoms with Gasteiger partial charge in [0.2, 0.25) is 0 Å². The predicted molar refractivity (Wildman–Crippen MR) is 77.0 cm³/mol. The van der Waals surface area contributed by atoms with Crippen LogP contribution in [-0.2, 0) is 16.1 Å². The molecule has 1 heterocycles. The number of rotatable bonds is 5. The molecule has 1 saturated heterocycles. The highest BCUT2D eigenvalue weighted by atomic mass is 16.5. The van der Waals surface area contributed by atoms with E-state index < -0.39 is 0 Å². The maximum atomic E-state index is 10.9. The first-order valence-electron chi connectivity index (χ1n) is 7.18. The number of aliphatic hydroxyl groups excluding tert-OH is 1. The molecule has 0 spiro atoms. The van der Waals surface area contributed by atoms with E-state index in [0.717, 1.165) is 26.1 Å². The largest absolute Gasteiger partial charge is 0.466 e. The van der Waals surface area contributed by atoms with Crippen molar-refractivity contribution in [3.8, 4) is 0 Å². The molecule has 110 valence electrons. The summed E-state index contributed by atoms with van der Waals surface area (Å²) in [6.45, 7) is 4.79. The fraction of sp³-hybridized carbons (Fsp3) is 0.562. The first-order valence-corrected chi connectivity index (χ1v) is 7.18. The van der Waals surface area contributed by atoms with Gasteiger partial charge in [-0.15, -0.1) is 0 Å². The van der Waals surface area contributed by atoms with Crippen molar-refractivity contribution in [2.75, 3.05) is 26.3 Å². The highest BCUT2D eigenvalue weighted by Crippen LogP contribution is 2.23. The minimum absolute atomic E-state index is 0.196. The predicted octanol–water partition coefficient (Wildman–Crippen LogP) is 1.68. The molecule has 1 fully saturated rings. The SMILES string of the molecule is CC(=O)OC[C@@H]1C[C@H](CO)CN(Cc2ccccc2)C1. The Balaban J connectivity index is 1.92. The lowest BCUT2D eigenvalue weighted by molar-refractivity contribution is -0.143. The van der Waals surface area contributed by atoms with Gasteiger partial charge in [-0.05, 0) is 17.9 Å². The summed E-state index contributed by atoms with van der Waals surface area (Å²) in [6, 6.07) is 10.3. The summed E-state index contributed by atoms with van der Waals surface area (Å²) in [6.07, 6.45) is 0.926. The van der Waals surface area contributed by atoms with Gasteiger partial charge < -0.3 is 9.84 Å². The molecule has 0 aromatic heterocycles. The van der Waals surface area contributed by atoms with Crippen molar-refractivity contribution in [1.82, 2.24) is 4.90 Å². The molecule has 2 atom stereocenters. The van der Waals surface area contributed by atoms with Crippen LogP contribution in [0.3, 0.4) is 0 Å². The maximum absolute atomic E-state index is 10.9. The summed E-state index contributed by atoms with van der Waals surface area (Å²) in [4.78, 5) is 13.3. The van der Waals surface area contributed by atoms with Crippen LogP contribution >= 0.6 is 0 Å². The fourth-order valence-electron chi connectivity index (χ4n) is 2.88. The maximum Gasteiger partial charge on any atom is 0.302 e. The third kappa shape index (κ3) is 4.62. The molecular formula is C16H23NO3. The summed E-state index contributed by atoms with van der Waals surface area (Å²) < 4.78 is 5.13. The molecular weight excluding hydrogens is 254 g/mol. The molecule has 0 radical (unpaired) electrons. The normalized spacial score (nSPS) is 23.5. The van der Waals surface area contributed by atoms with Crippen LogP contribution in [0, 0.1) is 11.8 Å². The summed E-state index contributed by atoms with van der Waals surface area (Å²) >= 11 is 0. The van der Waals surface area contributed by atoms with Crippen LogP contribution in [0.25, 0.3) is 0 Å². The molecule has 0 bridgehead atoms. The monoisotopic (exact) mass is 277 g/mol. The van der Waals surface area contributed by atoms with Gasteiger partial charge >= 0.3 is 5.97 Å².